The number of amides is 4. The van der Waals surface area contributed by atoms with Crippen LogP contribution >= 0.6 is 11.5 Å². The van der Waals surface area contributed by atoms with Crippen LogP contribution in [0.2, 0.25) is 0 Å². The van der Waals surface area contributed by atoms with Gasteiger partial charge >= 0.3 is 0 Å². The topological polar surface area (TPSA) is 176 Å². The average molecular weight is 682 g/mol. The molecule has 0 spiro atoms. The summed E-state index contributed by atoms with van der Waals surface area (Å²) in [5, 5.41) is 19.3. The number of allylic oxidation sites excluding steroid dienone is 1. The lowest BCUT2D eigenvalue weighted by Crippen LogP contribution is -2.49. The molecule has 14 nitrogen and oxygen atoms in total. The van der Waals surface area contributed by atoms with Gasteiger partial charge in [0.05, 0.1) is 11.9 Å². The predicted octanol–water partition coefficient (Wildman–Crippen LogP) is 3.12. The van der Waals surface area contributed by atoms with Gasteiger partial charge in [-0.2, -0.15) is 0 Å². The van der Waals surface area contributed by atoms with Crippen molar-refractivity contribution in [3.8, 4) is 0 Å². The fourth-order valence-corrected chi connectivity index (χ4v) is 6.37. The Hall–Kier alpha value is -4.57. The summed E-state index contributed by atoms with van der Waals surface area (Å²) in [5.74, 6) is -2.50. The summed E-state index contributed by atoms with van der Waals surface area (Å²) >= 11 is 0.890. The quantitative estimate of drug-likeness (QED) is 0.270. The van der Waals surface area contributed by atoms with Gasteiger partial charge in [0.15, 0.2) is 5.69 Å². The van der Waals surface area contributed by atoms with Gasteiger partial charge in [0.2, 0.25) is 5.91 Å². The zero-order chi connectivity index (χ0) is 34.4. The summed E-state index contributed by atoms with van der Waals surface area (Å²) < 4.78 is 24.2. The van der Waals surface area contributed by atoms with E-state index in [0.29, 0.717) is 55.3 Å². The molecule has 2 fully saturated rings. The van der Waals surface area contributed by atoms with E-state index in [4.69, 9.17) is 4.63 Å². The number of aryl methyl sites for hydroxylation is 1. The van der Waals surface area contributed by atoms with Crippen molar-refractivity contribution >= 4 is 46.4 Å². The van der Waals surface area contributed by atoms with Crippen molar-refractivity contribution in [3.05, 3.63) is 57.7 Å². The molecule has 1 aliphatic heterocycles. The van der Waals surface area contributed by atoms with Crippen LogP contribution in [0.15, 0.2) is 34.7 Å². The molecular formula is C32H40FN9O5S. The van der Waals surface area contributed by atoms with Gasteiger partial charge in [-0.15, -0.1) is 5.10 Å². The predicted molar refractivity (Wildman–Crippen MR) is 175 cm³/mol. The highest BCUT2D eigenvalue weighted by molar-refractivity contribution is 7.07. The number of likely N-dealkylation sites (N-methyl/N-ethyl adjacent to an activating group) is 1. The van der Waals surface area contributed by atoms with E-state index in [1.165, 1.54) is 18.3 Å². The Morgan fingerprint density at radius 2 is 1.79 bits per heavy atom. The highest BCUT2D eigenvalue weighted by Gasteiger charge is 2.34. The van der Waals surface area contributed by atoms with E-state index < -0.39 is 35.5 Å². The maximum atomic E-state index is 15.7. The molecular weight excluding hydrogens is 641 g/mol. The lowest BCUT2D eigenvalue weighted by molar-refractivity contribution is -0.129. The van der Waals surface area contributed by atoms with Crippen LogP contribution in [-0.4, -0.2) is 92.6 Å². The van der Waals surface area contributed by atoms with E-state index in [2.05, 4.69) is 47.7 Å². The van der Waals surface area contributed by atoms with E-state index >= 15 is 4.39 Å². The van der Waals surface area contributed by atoms with Crippen molar-refractivity contribution in [3.63, 3.8) is 0 Å². The van der Waals surface area contributed by atoms with Gasteiger partial charge in [0, 0.05) is 26.2 Å². The van der Waals surface area contributed by atoms with E-state index in [1.807, 2.05) is 14.0 Å². The first-order chi connectivity index (χ1) is 23.0. The molecule has 0 unspecified atom stereocenters. The number of hydrogen-bond donors (Lipinski definition) is 3. The molecule has 2 aliphatic rings. The van der Waals surface area contributed by atoms with Gasteiger partial charge in [-0.3, -0.25) is 19.2 Å². The molecule has 1 saturated carbocycles. The van der Waals surface area contributed by atoms with E-state index in [9.17, 15) is 19.2 Å². The SMILES string of the molecule is CCc1nonc1C(=O)N[C@H](C(=O)Nc1ccc(/C(C)=C(/NC(=O)c2cnns2)C(=O)N2CCN(C)CC2)cc1F)[C@H]1CC[C@H](C)CC1. The molecule has 3 N–H and O–H groups in total. The van der Waals surface area contributed by atoms with Gasteiger partial charge in [-0.25, -0.2) is 9.02 Å². The number of piperazine rings is 1. The fraction of sp³-hybridized carbons (Fsp3) is 0.500. The van der Waals surface area contributed by atoms with Gasteiger partial charge in [0.25, 0.3) is 17.7 Å². The minimum atomic E-state index is -0.948. The monoisotopic (exact) mass is 681 g/mol. The highest BCUT2D eigenvalue weighted by atomic mass is 32.1. The molecule has 4 amide bonds. The second-order valence-electron chi connectivity index (χ2n) is 12.4. The van der Waals surface area contributed by atoms with Crippen LogP contribution in [0.3, 0.4) is 0 Å². The smallest absolute Gasteiger partial charge is 0.276 e. The fourth-order valence-electron chi connectivity index (χ4n) is 5.96. The minimum absolute atomic E-state index is 0.0113. The van der Waals surface area contributed by atoms with Crippen LogP contribution < -0.4 is 16.0 Å². The number of halogens is 1. The second-order valence-corrected chi connectivity index (χ2v) is 13.2. The van der Waals surface area contributed by atoms with Gasteiger partial charge in [0.1, 0.15) is 28.1 Å². The average Bonchev–Trinajstić information content (AvgIpc) is 3.80. The zero-order valence-corrected chi connectivity index (χ0v) is 28.2. The minimum Gasteiger partial charge on any atom is -0.338 e. The van der Waals surface area contributed by atoms with E-state index in [1.54, 1.807) is 17.9 Å². The van der Waals surface area contributed by atoms with Crippen molar-refractivity contribution in [2.24, 2.45) is 11.8 Å². The zero-order valence-electron chi connectivity index (χ0n) is 27.4. The molecule has 0 radical (unpaired) electrons. The maximum absolute atomic E-state index is 15.7. The van der Waals surface area contributed by atoms with Crippen LogP contribution in [0, 0.1) is 17.7 Å². The Morgan fingerprint density at radius 3 is 2.44 bits per heavy atom. The second kappa shape index (κ2) is 15.6. The van der Waals surface area contributed by atoms with Gasteiger partial charge in [-0.05, 0) is 85.0 Å². The Morgan fingerprint density at radius 1 is 1.06 bits per heavy atom. The molecule has 1 aromatic carbocycles. The first-order valence-electron chi connectivity index (χ1n) is 16.1. The molecule has 3 aromatic rings. The normalized spacial score (nSPS) is 19.6. The lowest BCUT2D eigenvalue weighted by Gasteiger charge is -2.33. The molecule has 2 aromatic heterocycles. The largest absolute Gasteiger partial charge is 0.338 e. The molecule has 48 heavy (non-hydrogen) atoms. The Bertz CT molecular complexity index is 1660. The summed E-state index contributed by atoms with van der Waals surface area (Å²) in [4.78, 5) is 57.5. The van der Waals surface area contributed by atoms with Crippen molar-refractivity contribution in [2.45, 2.75) is 58.9 Å². The molecule has 1 saturated heterocycles. The maximum Gasteiger partial charge on any atom is 0.276 e. The molecule has 1 atom stereocenters. The standard InChI is InChI=1S/C32H40FN9O5S/c1-5-23-28(39-47-38-23)31(45)37-27(20-8-6-18(2)7-9-20)30(44)35-24-11-10-21(16-22(24)33)19(3)26(36-29(43)25-17-34-40-48-25)32(46)42-14-12-41(4)13-15-42/h10-11,16-18,20,27H,5-9,12-15H2,1-4H3,(H,35,44)(H,36,43)(H,37,45)/b26-19+/t18-,20-,27-/m0/s1. The third-order valence-corrected chi connectivity index (χ3v) is 9.73. The van der Waals surface area contributed by atoms with Crippen LogP contribution in [0.4, 0.5) is 10.1 Å². The third-order valence-electron chi connectivity index (χ3n) is 9.07. The number of benzene rings is 1. The number of carbonyl (C=O) groups excluding carboxylic acids is 4. The molecule has 1 aliphatic carbocycles. The molecule has 5 rings (SSSR count). The number of nitrogens with zero attached hydrogens (tertiary/aromatic N) is 6. The Labute approximate surface area is 281 Å². The van der Waals surface area contributed by atoms with E-state index in [-0.39, 0.29) is 27.9 Å². The molecule has 3 heterocycles. The van der Waals surface area contributed by atoms with Crippen LogP contribution in [-0.2, 0) is 16.0 Å². The third kappa shape index (κ3) is 8.10. The number of carbonyl (C=O) groups is 4. The summed E-state index contributed by atoms with van der Waals surface area (Å²) in [6.45, 7) is 7.86. The van der Waals surface area contributed by atoms with Crippen LogP contribution in [0.1, 0.15) is 77.9 Å². The summed E-state index contributed by atoms with van der Waals surface area (Å²) in [5.41, 5.74) is 0.983. The van der Waals surface area contributed by atoms with Crippen molar-refractivity contribution in [1.82, 2.24) is 40.3 Å². The molecule has 256 valence electrons. The van der Waals surface area contributed by atoms with Gasteiger partial charge in [-0.1, -0.05) is 42.4 Å². The molecule has 0 bridgehead atoms. The van der Waals surface area contributed by atoms with Gasteiger partial charge < -0.3 is 25.8 Å². The summed E-state index contributed by atoms with van der Waals surface area (Å²) in [6, 6.07) is 3.22. The summed E-state index contributed by atoms with van der Waals surface area (Å²) in [6.07, 6.45) is 4.96. The van der Waals surface area contributed by atoms with Crippen LogP contribution in [0.25, 0.3) is 5.57 Å². The van der Waals surface area contributed by atoms with Crippen molar-refractivity contribution in [2.75, 3.05) is 38.5 Å². The lowest BCUT2D eigenvalue weighted by atomic mass is 9.79. The van der Waals surface area contributed by atoms with E-state index in [0.717, 1.165) is 37.2 Å². The highest BCUT2D eigenvalue weighted by Crippen LogP contribution is 2.32. The number of rotatable bonds is 10. The van der Waals surface area contributed by atoms with Crippen molar-refractivity contribution in [1.29, 1.82) is 0 Å². The number of aromatic nitrogens is 4. The number of nitrogens with one attached hydrogen (secondary N) is 3. The first kappa shape index (κ1) is 34.8. The number of hydrogen-bond acceptors (Lipinski definition) is 11. The van der Waals surface area contributed by atoms with Crippen molar-refractivity contribution < 1.29 is 28.2 Å². The Balaban J connectivity index is 1.38. The number of anilines is 1. The summed E-state index contributed by atoms with van der Waals surface area (Å²) in [7, 11) is 1.97. The van der Waals surface area contributed by atoms with Crippen LogP contribution in [0.5, 0.6) is 0 Å². The Kier molecular flexibility index (Phi) is 11.3. The molecule has 16 heteroatoms. The first-order valence-corrected chi connectivity index (χ1v) is 16.8.